The van der Waals surface area contributed by atoms with Gasteiger partial charge in [-0.3, -0.25) is 4.79 Å². The van der Waals surface area contributed by atoms with Crippen molar-refractivity contribution in [2.75, 3.05) is 0 Å². The molecular formula is C29H39NO3. The van der Waals surface area contributed by atoms with Gasteiger partial charge in [0.15, 0.2) is 0 Å². The molecule has 0 heterocycles. The van der Waals surface area contributed by atoms with Crippen LogP contribution in [0.2, 0.25) is 0 Å². The summed E-state index contributed by atoms with van der Waals surface area (Å²) in [5.74, 6) is 0.910. The van der Waals surface area contributed by atoms with E-state index in [1.807, 2.05) is 0 Å². The van der Waals surface area contributed by atoms with Crippen molar-refractivity contribution in [2.24, 2.45) is 17.3 Å². The second kappa shape index (κ2) is 10.3. The minimum absolute atomic E-state index is 0.192. The van der Waals surface area contributed by atoms with Gasteiger partial charge in [-0.1, -0.05) is 51.1 Å². The first-order chi connectivity index (χ1) is 15.8. The Kier molecular flexibility index (Phi) is 7.43. The Hall–Kier alpha value is -2.33. The predicted octanol–water partition coefficient (Wildman–Crippen LogP) is 6.68. The Balaban J connectivity index is 1.30. The number of rotatable bonds is 7. The quantitative estimate of drug-likeness (QED) is 0.495. The zero-order valence-corrected chi connectivity index (χ0v) is 20.3. The Labute approximate surface area is 198 Å². The van der Waals surface area contributed by atoms with Crippen LogP contribution in [0.15, 0.2) is 48.5 Å². The summed E-state index contributed by atoms with van der Waals surface area (Å²) in [7, 11) is 0. The van der Waals surface area contributed by atoms with Gasteiger partial charge in [0, 0.05) is 12.6 Å². The molecule has 2 aromatic rings. The largest absolute Gasteiger partial charge is 0.490 e. The SMILES string of the molecule is CC(C)(C)C1CCC(Oc2ccc(-c3cccc(CN[C@H]4CC[C@@H](C(=O)O)C4)c3)cc2)CC1. The lowest BCUT2D eigenvalue weighted by Crippen LogP contribution is -2.30. The third-order valence-electron chi connectivity index (χ3n) is 7.69. The van der Waals surface area contributed by atoms with E-state index in [1.54, 1.807) is 0 Å². The summed E-state index contributed by atoms with van der Waals surface area (Å²) in [5.41, 5.74) is 4.00. The fourth-order valence-electron chi connectivity index (χ4n) is 5.48. The van der Waals surface area contributed by atoms with E-state index in [2.05, 4.69) is 74.6 Å². The lowest BCUT2D eigenvalue weighted by Gasteiger charge is -2.36. The van der Waals surface area contributed by atoms with Crippen LogP contribution in [0.1, 0.15) is 71.3 Å². The lowest BCUT2D eigenvalue weighted by molar-refractivity contribution is -0.141. The molecule has 4 heteroatoms. The molecule has 178 valence electrons. The van der Waals surface area contributed by atoms with Crippen LogP contribution in [0.4, 0.5) is 0 Å². The zero-order valence-electron chi connectivity index (χ0n) is 20.3. The van der Waals surface area contributed by atoms with Gasteiger partial charge in [-0.25, -0.2) is 0 Å². The summed E-state index contributed by atoms with van der Waals surface area (Å²) >= 11 is 0. The van der Waals surface area contributed by atoms with E-state index in [4.69, 9.17) is 4.74 Å². The number of ether oxygens (including phenoxy) is 1. The van der Waals surface area contributed by atoms with E-state index in [1.165, 1.54) is 29.5 Å². The van der Waals surface area contributed by atoms with Gasteiger partial charge >= 0.3 is 5.97 Å². The first kappa shape index (κ1) is 23.8. The Morgan fingerprint density at radius 3 is 2.33 bits per heavy atom. The molecule has 0 bridgehead atoms. The van der Waals surface area contributed by atoms with Gasteiger partial charge in [-0.2, -0.15) is 0 Å². The molecule has 0 radical (unpaired) electrons. The molecule has 0 spiro atoms. The zero-order chi connectivity index (χ0) is 23.4. The Bertz CT molecular complexity index is 923. The van der Waals surface area contributed by atoms with Crippen molar-refractivity contribution in [1.29, 1.82) is 0 Å². The van der Waals surface area contributed by atoms with Crippen LogP contribution < -0.4 is 10.1 Å². The van der Waals surface area contributed by atoms with E-state index >= 15 is 0 Å². The molecule has 2 aliphatic rings. The average molecular weight is 450 g/mol. The van der Waals surface area contributed by atoms with Gasteiger partial charge in [-0.05, 0) is 91.2 Å². The second-order valence-electron chi connectivity index (χ2n) is 11.1. The Morgan fingerprint density at radius 1 is 0.970 bits per heavy atom. The molecule has 2 saturated carbocycles. The number of nitrogens with one attached hydrogen (secondary N) is 1. The van der Waals surface area contributed by atoms with Crippen molar-refractivity contribution in [3.05, 3.63) is 54.1 Å². The molecule has 4 nitrogen and oxygen atoms in total. The number of hydrogen-bond donors (Lipinski definition) is 2. The van der Waals surface area contributed by atoms with Crippen LogP contribution in [0.5, 0.6) is 5.75 Å². The molecule has 0 unspecified atom stereocenters. The molecule has 0 aliphatic heterocycles. The van der Waals surface area contributed by atoms with Crippen molar-refractivity contribution < 1.29 is 14.6 Å². The molecule has 0 amide bonds. The fourth-order valence-corrected chi connectivity index (χ4v) is 5.48. The topological polar surface area (TPSA) is 58.6 Å². The number of carboxylic acids is 1. The molecule has 2 atom stereocenters. The van der Waals surface area contributed by atoms with E-state index < -0.39 is 5.97 Å². The van der Waals surface area contributed by atoms with E-state index in [-0.39, 0.29) is 5.92 Å². The van der Waals surface area contributed by atoms with Crippen LogP contribution in [0.3, 0.4) is 0 Å². The van der Waals surface area contributed by atoms with Gasteiger partial charge in [-0.15, -0.1) is 0 Å². The number of aliphatic carboxylic acids is 1. The second-order valence-corrected chi connectivity index (χ2v) is 11.1. The number of carbonyl (C=O) groups is 1. The molecule has 2 aromatic carbocycles. The molecule has 2 fully saturated rings. The highest BCUT2D eigenvalue weighted by atomic mass is 16.5. The highest BCUT2D eigenvalue weighted by Gasteiger charge is 2.31. The van der Waals surface area contributed by atoms with E-state index in [9.17, 15) is 9.90 Å². The van der Waals surface area contributed by atoms with Gasteiger partial charge < -0.3 is 15.2 Å². The third-order valence-corrected chi connectivity index (χ3v) is 7.69. The van der Waals surface area contributed by atoms with E-state index in [0.717, 1.165) is 50.3 Å². The predicted molar refractivity (Wildman–Crippen MR) is 133 cm³/mol. The van der Waals surface area contributed by atoms with Gasteiger partial charge in [0.1, 0.15) is 5.75 Å². The standard InChI is InChI=1S/C29H39NO3/c1-29(2,3)24-10-15-27(16-11-24)33-26-13-8-21(9-14-26)22-6-4-5-20(17-22)19-30-25-12-7-23(18-25)28(31)32/h4-6,8-9,13-14,17,23-25,27,30H,7,10-12,15-16,18-19H2,1-3H3,(H,31,32)/t23-,24?,25+,27?/m1/s1. The van der Waals surface area contributed by atoms with Crippen LogP contribution in [0, 0.1) is 17.3 Å². The molecule has 2 aliphatic carbocycles. The summed E-state index contributed by atoms with van der Waals surface area (Å²) in [5, 5.41) is 12.7. The van der Waals surface area contributed by atoms with Gasteiger partial charge in [0.05, 0.1) is 12.0 Å². The molecule has 0 aromatic heterocycles. The number of carboxylic acid groups (broad SMARTS) is 1. The minimum atomic E-state index is -0.661. The fraction of sp³-hybridized carbons (Fsp3) is 0.552. The maximum absolute atomic E-state index is 11.2. The van der Waals surface area contributed by atoms with E-state index in [0.29, 0.717) is 17.6 Å². The first-order valence-electron chi connectivity index (χ1n) is 12.6. The van der Waals surface area contributed by atoms with Crippen LogP contribution in [-0.2, 0) is 11.3 Å². The first-order valence-corrected chi connectivity index (χ1v) is 12.6. The van der Waals surface area contributed by atoms with Crippen molar-refractivity contribution in [3.63, 3.8) is 0 Å². The normalized spacial score (nSPS) is 25.7. The summed E-state index contributed by atoms with van der Waals surface area (Å²) in [6, 6.07) is 17.4. The van der Waals surface area contributed by atoms with Crippen molar-refractivity contribution in [2.45, 2.75) is 84.4 Å². The van der Waals surface area contributed by atoms with Crippen molar-refractivity contribution in [3.8, 4) is 16.9 Å². The highest BCUT2D eigenvalue weighted by molar-refractivity contribution is 5.70. The highest BCUT2D eigenvalue weighted by Crippen LogP contribution is 2.39. The average Bonchev–Trinajstić information content (AvgIpc) is 3.28. The van der Waals surface area contributed by atoms with Gasteiger partial charge in [0.25, 0.3) is 0 Å². The molecule has 0 saturated heterocycles. The molecule has 2 N–H and O–H groups in total. The molecule has 4 rings (SSSR count). The molecular weight excluding hydrogens is 410 g/mol. The van der Waals surface area contributed by atoms with Crippen LogP contribution in [0.25, 0.3) is 11.1 Å². The summed E-state index contributed by atoms with van der Waals surface area (Å²) < 4.78 is 6.30. The maximum atomic E-state index is 11.2. The summed E-state index contributed by atoms with van der Waals surface area (Å²) in [4.78, 5) is 11.2. The maximum Gasteiger partial charge on any atom is 0.306 e. The van der Waals surface area contributed by atoms with Crippen LogP contribution in [-0.4, -0.2) is 23.2 Å². The smallest absolute Gasteiger partial charge is 0.306 e. The van der Waals surface area contributed by atoms with Crippen LogP contribution >= 0.6 is 0 Å². The van der Waals surface area contributed by atoms with Crippen molar-refractivity contribution >= 4 is 5.97 Å². The minimum Gasteiger partial charge on any atom is -0.490 e. The number of hydrogen-bond acceptors (Lipinski definition) is 3. The number of benzene rings is 2. The van der Waals surface area contributed by atoms with Crippen molar-refractivity contribution in [1.82, 2.24) is 5.32 Å². The third kappa shape index (κ3) is 6.38. The summed E-state index contributed by atoms with van der Waals surface area (Å²) in [6.45, 7) is 7.83. The molecule has 33 heavy (non-hydrogen) atoms. The summed E-state index contributed by atoms with van der Waals surface area (Å²) in [6.07, 6.45) is 7.58. The van der Waals surface area contributed by atoms with Gasteiger partial charge in [0.2, 0.25) is 0 Å². The lowest BCUT2D eigenvalue weighted by atomic mass is 9.72. The Morgan fingerprint density at radius 2 is 1.70 bits per heavy atom. The monoisotopic (exact) mass is 449 g/mol.